The van der Waals surface area contributed by atoms with Gasteiger partial charge in [0.2, 0.25) is 0 Å². The number of nitrogens with zero attached hydrogens (tertiary/aromatic N) is 1. The van der Waals surface area contributed by atoms with Crippen molar-refractivity contribution in [1.82, 2.24) is 4.90 Å². The SMILES string of the molecule is CCCc1cc(=O)oc2c(C)c(OCC(=O)N3CCC[C@@H]3C(=O)[O-])ccc12. The van der Waals surface area contributed by atoms with Crippen LogP contribution in [-0.4, -0.2) is 36.0 Å². The van der Waals surface area contributed by atoms with Crippen LogP contribution in [0.25, 0.3) is 11.0 Å². The van der Waals surface area contributed by atoms with Crippen molar-refractivity contribution in [1.29, 1.82) is 0 Å². The number of hydrogen-bond donors (Lipinski definition) is 0. The summed E-state index contributed by atoms with van der Waals surface area (Å²) in [6, 6.07) is 4.16. The molecule has 0 unspecified atom stereocenters. The molecular weight excluding hydrogens is 350 g/mol. The van der Waals surface area contributed by atoms with E-state index in [9.17, 15) is 19.5 Å². The Bertz CT molecular complexity index is 932. The van der Waals surface area contributed by atoms with Gasteiger partial charge in [0.1, 0.15) is 11.3 Å². The van der Waals surface area contributed by atoms with Crippen molar-refractivity contribution >= 4 is 22.8 Å². The zero-order valence-electron chi connectivity index (χ0n) is 15.4. The van der Waals surface area contributed by atoms with Crippen molar-refractivity contribution in [2.24, 2.45) is 0 Å². The molecule has 1 atom stereocenters. The molecule has 1 aliphatic rings. The number of aliphatic carboxylic acids is 1. The molecule has 27 heavy (non-hydrogen) atoms. The number of carbonyl (C=O) groups excluding carboxylic acids is 2. The summed E-state index contributed by atoms with van der Waals surface area (Å²) < 4.78 is 11.0. The molecule has 1 aliphatic heterocycles. The zero-order chi connectivity index (χ0) is 19.6. The van der Waals surface area contributed by atoms with Crippen LogP contribution in [-0.2, 0) is 16.0 Å². The fraction of sp³-hybridized carbons (Fsp3) is 0.450. The molecule has 2 aromatic rings. The third kappa shape index (κ3) is 3.82. The normalized spacial score (nSPS) is 16.7. The molecule has 0 bridgehead atoms. The van der Waals surface area contributed by atoms with E-state index in [0.29, 0.717) is 36.3 Å². The number of fused-ring (bicyclic) bond motifs is 1. The van der Waals surface area contributed by atoms with E-state index in [1.165, 1.54) is 11.0 Å². The molecule has 1 saturated heterocycles. The first-order chi connectivity index (χ1) is 12.9. The van der Waals surface area contributed by atoms with Crippen LogP contribution >= 0.6 is 0 Å². The van der Waals surface area contributed by atoms with Crippen LogP contribution in [0.4, 0.5) is 0 Å². The van der Waals surface area contributed by atoms with Crippen molar-refractivity contribution in [3.8, 4) is 5.75 Å². The van der Waals surface area contributed by atoms with Crippen LogP contribution in [0.3, 0.4) is 0 Å². The quantitative estimate of drug-likeness (QED) is 0.706. The highest BCUT2D eigenvalue weighted by Gasteiger charge is 2.29. The number of hydrogen-bond acceptors (Lipinski definition) is 6. The van der Waals surface area contributed by atoms with E-state index in [4.69, 9.17) is 9.15 Å². The summed E-state index contributed by atoms with van der Waals surface area (Å²) in [7, 11) is 0. The molecule has 144 valence electrons. The Morgan fingerprint density at radius 2 is 2.15 bits per heavy atom. The lowest BCUT2D eigenvalue weighted by molar-refractivity contribution is -0.310. The van der Waals surface area contributed by atoms with E-state index in [0.717, 1.165) is 23.8 Å². The Morgan fingerprint density at radius 3 is 2.85 bits per heavy atom. The molecule has 2 heterocycles. The summed E-state index contributed by atoms with van der Waals surface area (Å²) in [5.41, 5.74) is 1.58. The van der Waals surface area contributed by atoms with Gasteiger partial charge in [-0.3, -0.25) is 4.79 Å². The molecule has 0 N–H and O–H groups in total. The van der Waals surface area contributed by atoms with Crippen molar-refractivity contribution in [2.75, 3.05) is 13.2 Å². The summed E-state index contributed by atoms with van der Waals surface area (Å²) in [5.74, 6) is -1.22. The van der Waals surface area contributed by atoms with Gasteiger partial charge in [-0.05, 0) is 43.9 Å². The van der Waals surface area contributed by atoms with Gasteiger partial charge in [-0.2, -0.15) is 0 Å². The predicted molar refractivity (Wildman–Crippen MR) is 96.5 cm³/mol. The Morgan fingerprint density at radius 1 is 1.37 bits per heavy atom. The maximum Gasteiger partial charge on any atom is 0.336 e. The van der Waals surface area contributed by atoms with E-state index in [1.54, 1.807) is 13.0 Å². The Balaban J connectivity index is 1.81. The molecule has 7 heteroatoms. The van der Waals surface area contributed by atoms with Crippen LogP contribution < -0.4 is 15.5 Å². The minimum absolute atomic E-state index is 0.283. The molecule has 3 rings (SSSR count). The number of likely N-dealkylation sites (tertiary alicyclic amines) is 1. The van der Waals surface area contributed by atoms with Crippen LogP contribution in [0, 0.1) is 6.92 Å². The topological polar surface area (TPSA) is 99.9 Å². The van der Waals surface area contributed by atoms with E-state index in [1.807, 2.05) is 13.0 Å². The van der Waals surface area contributed by atoms with Crippen molar-refractivity contribution < 1.29 is 23.8 Å². The van der Waals surface area contributed by atoms with E-state index in [2.05, 4.69) is 0 Å². The highest BCUT2D eigenvalue weighted by atomic mass is 16.5. The molecule has 1 fully saturated rings. The molecule has 0 saturated carbocycles. The second-order valence-corrected chi connectivity index (χ2v) is 6.76. The van der Waals surface area contributed by atoms with E-state index >= 15 is 0 Å². The van der Waals surface area contributed by atoms with Gasteiger partial charge in [0.05, 0.1) is 12.0 Å². The Labute approximate surface area is 156 Å². The van der Waals surface area contributed by atoms with Crippen molar-refractivity contribution in [2.45, 2.75) is 45.6 Å². The number of benzene rings is 1. The molecule has 1 aromatic heterocycles. The predicted octanol–water partition coefficient (Wildman–Crippen LogP) is 1.17. The largest absolute Gasteiger partial charge is 0.548 e. The fourth-order valence-electron chi connectivity index (χ4n) is 3.57. The van der Waals surface area contributed by atoms with Crippen LogP contribution in [0.15, 0.2) is 27.4 Å². The second-order valence-electron chi connectivity index (χ2n) is 6.76. The number of rotatable bonds is 6. The van der Waals surface area contributed by atoms with E-state index < -0.39 is 23.5 Å². The monoisotopic (exact) mass is 372 g/mol. The lowest BCUT2D eigenvalue weighted by atomic mass is 10.0. The summed E-state index contributed by atoms with van der Waals surface area (Å²) in [5, 5.41) is 12.0. The lowest BCUT2D eigenvalue weighted by Gasteiger charge is -2.25. The van der Waals surface area contributed by atoms with Crippen LogP contribution in [0.5, 0.6) is 5.75 Å². The summed E-state index contributed by atoms with van der Waals surface area (Å²) in [4.78, 5) is 36.6. The summed E-state index contributed by atoms with van der Waals surface area (Å²) in [6.07, 6.45) is 2.69. The molecule has 0 radical (unpaired) electrons. The number of ether oxygens (including phenoxy) is 1. The zero-order valence-corrected chi connectivity index (χ0v) is 15.4. The Kier molecular flexibility index (Phi) is 5.48. The number of carboxylic acid groups (broad SMARTS) is 1. The third-order valence-electron chi connectivity index (χ3n) is 4.91. The summed E-state index contributed by atoms with van der Waals surface area (Å²) >= 11 is 0. The van der Waals surface area contributed by atoms with Crippen LogP contribution in [0.2, 0.25) is 0 Å². The highest BCUT2D eigenvalue weighted by molar-refractivity contribution is 5.86. The standard InChI is InChI=1S/C20H23NO6/c1-3-5-13-10-18(23)27-19-12(2)16(8-7-14(13)19)26-11-17(22)21-9-4-6-15(21)20(24)25/h7-8,10,15H,3-6,9,11H2,1-2H3,(H,24,25)/p-1/t15-/m1/s1. The smallest absolute Gasteiger partial charge is 0.336 e. The molecule has 1 amide bonds. The fourth-order valence-corrected chi connectivity index (χ4v) is 3.57. The van der Waals surface area contributed by atoms with Gasteiger partial charge in [-0.15, -0.1) is 0 Å². The average Bonchev–Trinajstić information content (AvgIpc) is 3.12. The molecule has 1 aromatic carbocycles. The minimum Gasteiger partial charge on any atom is -0.548 e. The minimum atomic E-state index is -1.24. The maximum atomic E-state index is 12.3. The number of aryl methyl sites for hydroxylation is 2. The molecule has 0 spiro atoms. The number of carboxylic acids is 1. The highest BCUT2D eigenvalue weighted by Crippen LogP contribution is 2.29. The first-order valence-electron chi connectivity index (χ1n) is 9.11. The summed E-state index contributed by atoms with van der Waals surface area (Å²) in [6.45, 7) is 3.90. The van der Waals surface area contributed by atoms with Gasteiger partial charge in [-0.1, -0.05) is 13.3 Å². The van der Waals surface area contributed by atoms with Crippen molar-refractivity contribution in [3.63, 3.8) is 0 Å². The third-order valence-corrected chi connectivity index (χ3v) is 4.91. The Hall–Kier alpha value is -2.83. The molecule has 0 aliphatic carbocycles. The maximum absolute atomic E-state index is 12.3. The van der Waals surface area contributed by atoms with Gasteiger partial charge in [0.25, 0.3) is 5.91 Å². The molecular formula is C20H22NO6-. The van der Waals surface area contributed by atoms with E-state index in [-0.39, 0.29) is 6.61 Å². The first-order valence-corrected chi connectivity index (χ1v) is 9.11. The lowest BCUT2D eigenvalue weighted by Crippen LogP contribution is -2.48. The van der Waals surface area contributed by atoms with Gasteiger partial charge in [0.15, 0.2) is 6.61 Å². The average molecular weight is 372 g/mol. The van der Waals surface area contributed by atoms with Gasteiger partial charge in [0, 0.05) is 23.6 Å². The number of amides is 1. The first kappa shape index (κ1) is 18.9. The second kappa shape index (κ2) is 7.82. The van der Waals surface area contributed by atoms with Gasteiger partial charge >= 0.3 is 5.63 Å². The van der Waals surface area contributed by atoms with Crippen LogP contribution in [0.1, 0.15) is 37.3 Å². The number of carbonyl (C=O) groups is 2. The molecule has 7 nitrogen and oxygen atoms in total. The van der Waals surface area contributed by atoms with Crippen molar-refractivity contribution in [3.05, 3.63) is 39.7 Å². The van der Waals surface area contributed by atoms with Gasteiger partial charge < -0.3 is 24.0 Å². The van der Waals surface area contributed by atoms with Gasteiger partial charge in [-0.25, -0.2) is 4.79 Å².